The second kappa shape index (κ2) is 8.31. The highest BCUT2D eigenvalue weighted by molar-refractivity contribution is 6.02. The maximum atomic E-state index is 12.9. The maximum Gasteiger partial charge on any atom is 0.317 e. The van der Waals surface area contributed by atoms with Crippen molar-refractivity contribution >= 4 is 17.7 Å². The Balaban J connectivity index is 2.59. The fraction of sp³-hybridized carbons (Fsp3) is 0.571. The molecule has 0 unspecified atom stereocenters. The van der Waals surface area contributed by atoms with E-state index in [1.54, 1.807) is 27.7 Å². The predicted octanol–water partition coefficient (Wildman–Crippen LogP) is 2.34. The van der Waals surface area contributed by atoms with Crippen molar-refractivity contribution in [2.75, 3.05) is 0 Å². The van der Waals surface area contributed by atoms with E-state index in [2.05, 4.69) is 0 Å². The van der Waals surface area contributed by atoms with Gasteiger partial charge < -0.3 is 19.7 Å². The van der Waals surface area contributed by atoms with Gasteiger partial charge in [0, 0.05) is 12.3 Å². The Morgan fingerprint density at radius 2 is 1.54 bits per heavy atom. The van der Waals surface area contributed by atoms with Crippen LogP contribution < -0.4 is 0 Å². The van der Waals surface area contributed by atoms with E-state index in [1.165, 1.54) is 31.2 Å². The van der Waals surface area contributed by atoms with Crippen molar-refractivity contribution in [3.05, 3.63) is 29.8 Å². The van der Waals surface area contributed by atoms with Crippen LogP contribution in [0.4, 0.5) is 0 Å². The quantitative estimate of drug-likeness (QED) is 0.584. The molecule has 1 fully saturated rings. The number of carbonyl (C=O) groups is 3. The highest BCUT2D eigenvalue weighted by Crippen LogP contribution is 2.47. The topological polar surface area (TPSA) is 110 Å². The van der Waals surface area contributed by atoms with Gasteiger partial charge >= 0.3 is 11.9 Å². The van der Waals surface area contributed by atoms with Crippen LogP contribution in [-0.4, -0.2) is 45.7 Å². The van der Waals surface area contributed by atoms with Crippen LogP contribution in [-0.2, 0) is 23.9 Å². The molecule has 1 aliphatic carbocycles. The molecular weight excluding hydrogens is 364 g/mol. The fourth-order valence-corrected chi connectivity index (χ4v) is 3.72. The summed E-state index contributed by atoms with van der Waals surface area (Å²) in [6.45, 7) is 8.10. The van der Waals surface area contributed by atoms with Gasteiger partial charge in [0.25, 0.3) is 0 Å². The van der Waals surface area contributed by atoms with Crippen molar-refractivity contribution in [2.45, 2.75) is 64.8 Å². The largest absolute Gasteiger partial charge is 0.508 e. The number of esters is 2. The molecule has 7 heteroatoms. The molecule has 154 valence electrons. The first kappa shape index (κ1) is 21.9. The Morgan fingerprint density at radius 1 is 1.04 bits per heavy atom. The molecule has 0 amide bonds. The second-order valence-electron chi connectivity index (χ2n) is 8.04. The van der Waals surface area contributed by atoms with Crippen LogP contribution in [0.15, 0.2) is 24.3 Å². The SMILES string of the molecule is CC(C)OC(=O)[C@@H]1C(=O)C[C@](C)(O)[C@@H](C(=O)OC(C)C)[C@H]1c1ccc(O)cc1. The lowest BCUT2D eigenvalue weighted by atomic mass is 9.61. The fourth-order valence-electron chi connectivity index (χ4n) is 3.72. The number of hydrogen-bond donors (Lipinski definition) is 2. The maximum absolute atomic E-state index is 12.9. The molecule has 0 aliphatic heterocycles. The van der Waals surface area contributed by atoms with Crippen LogP contribution in [0.25, 0.3) is 0 Å². The number of ether oxygens (including phenoxy) is 2. The minimum Gasteiger partial charge on any atom is -0.508 e. The summed E-state index contributed by atoms with van der Waals surface area (Å²) in [5, 5.41) is 20.5. The molecule has 0 spiro atoms. The zero-order chi connectivity index (χ0) is 21.2. The number of benzene rings is 1. The average molecular weight is 392 g/mol. The van der Waals surface area contributed by atoms with Crippen LogP contribution in [0.1, 0.15) is 52.5 Å². The molecule has 0 bridgehead atoms. The molecule has 1 aliphatic rings. The summed E-state index contributed by atoms with van der Waals surface area (Å²) in [5.41, 5.74) is -1.23. The molecule has 0 radical (unpaired) electrons. The normalized spacial score (nSPS) is 27.7. The second-order valence-corrected chi connectivity index (χ2v) is 8.04. The van der Waals surface area contributed by atoms with Gasteiger partial charge in [-0.1, -0.05) is 12.1 Å². The minimum absolute atomic E-state index is 0.000241. The van der Waals surface area contributed by atoms with Crippen molar-refractivity contribution in [3.63, 3.8) is 0 Å². The van der Waals surface area contributed by atoms with Gasteiger partial charge in [0.05, 0.1) is 23.7 Å². The number of aromatic hydroxyl groups is 1. The van der Waals surface area contributed by atoms with Crippen molar-refractivity contribution in [1.29, 1.82) is 0 Å². The summed E-state index contributed by atoms with van der Waals surface area (Å²) in [4.78, 5) is 38.4. The first-order chi connectivity index (χ1) is 12.9. The number of phenolic OH excluding ortho intramolecular Hbond substituents is 1. The highest BCUT2D eigenvalue weighted by atomic mass is 16.5. The Bertz CT molecular complexity index is 726. The lowest BCUT2D eigenvalue weighted by molar-refractivity contribution is -0.176. The third-order valence-electron chi connectivity index (χ3n) is 4.76. The monoisotopic (exact) mass is 392 g/mol. The molecule has 2 N–H and O–H groups in total. The zero-order valence-electron chi connectivity index (χ0n) is 16.8. The van der Waals surface area contributed by atoms with Crippen LogP contribution in [0.5, 0.6) is 5.75 Å². The van der Waals surface area contributed by atoms with Gasteiger partial charge in [0.1, 0.15) is 11.7 Å². The third kappa shape index (κ3) is 4.70. The van der Waals surface area contributed by atoms with Crippen LogP contribution >= 0.6 is 0 Å². The van der Waals surface area contributed by atoms with Crippen molar-refractivity contribution < 1.29 is 34.1 Å². The molecular formula is C21H28O7. The summed E-state index contributed by atoms with van der Waals surface area (Å²) in [7, 11) is 0. The average Bonchev–Trinajstić information content (AvgIpc) is 2.52. The van der Waals surface area contributed by atoms with Gasteiger partial charge in [-0.2, -0.15) is 0 Å². The molecule has 1 aromatic carbocycles. The number of aliphatic hydroxyl groups is 1. The molecule has 0 heterocycles. The lowest BCUT2D eigenvalue weighted by Crippen LogP contribution is -2.55. The molecule has 4 atom stereocenters. The number of rotatable bonds is 5. The summed E-state index contributed by atoms with van der Waals surface area (Å²) >= 11 is 0. The molecule has 28 heavy (non-hydrogen) atoms. The van der Waals surface area contributed by atoms with E-state index in [1.807, 2.05) is 0 Å². The van der Waals surface area contributed by atoms with Gasteiger partial charge in [-0.3, -0.25) is 14.4 Å². The van der Waals surface area contributed by atoms with Crippen LogP contribution in [0.2, 0.25) is 0 Å². The Labute approximate surface area is 164 Å². The zero-order valence-corrected chi connectivity index (χ0v) is 16.8. The first-order valence-corrected chi connectivity index (χ1v) is 9.39. The lowest BCUT2D eigenvalue weighted by Gasteiger charge is -2.44. The summed E-state index contributed by atoms with van der Waals surface area (Å²) < 4.78 is 10.6. The molecule has 0 saturated heterocycles. The number of hydrogen-bond acceptors (Lipinski definition) is 7. The van der Waals surface area contributed by atoms with Crippen molar-refractivity contribution in [3.8, 4) is 5.75 Å². The van der Waals surface area contributed by atoms with Crippen molar-refractivity contribution in [2.24, 2.45) is 11.8 Å². The number of ketones is 1. The summed E-state index contributed by atoms with van der Waals surface area (Å²) in [6.07, 6.45) is -1.23. The van der Waals surface area contributed by atoms with E-state index < -0.39 is 53.3 Å². The molecule has 1 aromatic rings. The predicted molar refractivity (Wildman–Crippen MR) is 101 cm³/mol. The number of carbonyl (C=O) groups excluding carboxylic acids is 3. The smallest absolute Gasteiger partial charge is 0.317 e. The molecule has 0 aromatic heterocycles. The van der Waals surface area contributed by atoms with E-state index >= 15 is 0 Å². The Kier molecular flexibility index (Phi) is 6.49. The van der Waals surface area contributed by atoms with Gasteiger partial charge in [-0.15, -0.1) is 0 Å². The van der Waals surface area contributed by atoms with E-state index in [9.17, 15) is 24.6 Å². The van der Waals surface area contributed by atoms with Gasteiger partial charge in [0.15, 0.2) is 5.78 Å². The molecule has 1 saturated carbocycles. The standard InChI is InChI=1S/C21H28O7/c1-11(2)27-19(24)17-15(23)10-21(5,26)18(20(25)28-12(3)4)16(17)13-6-8-14(22)9-7-13/h6-9,11-12,16-18,22,26H,10H2,1-5H3/t16-,17+,18+,21-/m0/s1. The number of phenols is 1. The minimum atomic E-state index is -1.69. The summed E-state index contributed by atoms with van der Waals surface area (Å²) in [6, 6.07) is 5.86. The van der Waals surface area contributed by atoms with Crippen LogP contribution in [0, 0.1) is 11.8 Å². The summed E-state index contributed by atoms with van der Waals surface area (Å²) in [5.74, 6) is -5.31. The Hall–Kier alpha value is -2.41. The van der Waals surface area contributed by atoms with Gasteiger partial charge in [-0.25, -0.2) is 0 Å². The first-order valence-electron chi connectivity index (χ1n) is 9.39. The third-order valence-corrected chi connectivity index (χ3v) is 4.76. The van der Waals surface area contributed by atoms with E-state index in [0.29, 0.717) is 5.56 Å². The van der Waals surface area contributed by atoms with Gasteiger partial charge in [-0.05, 0) is 52.3 Å². The van der Waals surface area contributed by atoms with Crippen LogP contribution in [0.3, 0.4) is 0 Å². The molecule has 2 rings (SSSR count). The number of Topliss-reactive ketones (excluding diaryl/α,β-unsaturated/α-hetero) is 1. The van der Waals surface area contributed by atoms with Gasteiger partial charge in [0.2, 0.25) is 0 Å². The Morgan fingerprint density at radius 3 is 2.04 bits per heavy atom. The van der Waals surface area contributed by atoms with E-state index in [-0.39, 0.29) is 12.2 Å². The van der Waals surface area contributed by atoms with Crippen molar-refractivity contribution in [1.82, 2.24) is 0 Å². The highest BCUT2D eigenvalue weighted by Gasteiger charge is 2.57. The van der Waals surface area contributed by atoms with E-state index in [0.717, 1.165) is 0 Å². The molecule has 7 nitrogen and oxygen atoms in total. The van der Waals surface area contributed by atoms with E-state index in [4.69, 9.17) is 9.47 Å².